The molecule has 1 aromatic heterocycles. The van der Waals surface area contributed by atoms with Crippen LogP contribution in [0.3, 0.4) is 0 Å². The molecule has 1 aliphatic rings. The van der Waals surface area contributed by atoms with Crippen LogP contribution in [0.5, 0.6) is 0 Å². The lowest BCUT2D eigenvalue weighted by molar-refractivity contribution is 0.0698. The maximum Gasteiger partial charge on any atom is 0.253 e. The number of hydrogen-bond acceptors (Lipinski definition) is 5. The first kappa shape index (κ1) is 22.6. The largest absolute Gasteiger partial charge is 0.336 e. The van der Waals surface area contributed by atoms with Crippen molar-refractivity contribution in [3.63, 3.8) is 0 Å². The molecule has 0 unspecified atom stereocenters. The van der Waals surface area contributed by atoms with Gasteiger partial charge in [0.25, 0.3) is 5.91 Å². The van der Waals surface area contributed by atoms with Gasteiger partial charge in [-0.05, 0) is 58.8 Å². The number of fused-ring (bicyclic) bond motifs is 1. The van der Waals surface area contributed by atoms with E-state index < -0.39 is 10.0 Å². The van der Waals surface area contributed by atoms with Crippen LogP contribution in [-0.2, 0) is 10.0 Å². The third kappa shape index (κ3) is 4.46. The van der Waals surface area contributed by atoms with Gasteiger partial charge in [0.05, 0.1) is 17.3 Å². The second kappa shape index (κ2) is 9.25. The lowest BCUT2D eigenvalue weighted by Gasteiger charge is -2.34. The summed E-state index contributed by atoms with van der Waals surface area (Å²) in [7, 11) is -3.64. The minimum absolute atomic E-state index is 0.104. The molecule has 172 valence electrons. The topological polar surface area (TPSA) is 83.5 Å². The number of carbonyl (C=O) groups is 1. The van der Waals surface area contributed by atoms with Gasteiger partial charge in [0.15, 0.2) is 0 Å². The maximum atomic E-state index is 13.2. The summed E-state index contributed by atoms with van der Waals surface area (Å²) < 4.78 is 28.8. The zero-order valence-electron chi connectivity index (χ0n) is 18.1. The normalized spacial score (nSPS) is 14.9. The lowest BCUT2D eigenvalue weighted by atomic mass is 10.1. The number of rotatable bonds is 4. The molecule has 0 atom stereocenters. The molecule has 1 amide bonds. The number of halogens is 1. The van der Waals surface area contributed by atoms with Crippen LogP contribution in [0.15, 0.2) is 88.5 Å². The number of piperazine rings is 1. The monoisotopic (exact) mass is 536 g/mol. The highest BCUT2D eigenvalue weighted by molar-refractivity contribution is 9.10. The van der Waals surface area contributed by atoms with E-state index in [-0.39, 0.29) is 23.9 Å². The summed E-state index contributed by atoms with van der Waals surface area (Å²) in [6.45, 7) is 1.20. The van der Waals surface area contributed by atoms with Crippen LogP contribution in [0, 0.1) is 0 Å². The minimum Gasteiger partial charge on any atom is -0.336 e. The molecule has 0 aliphatic carbocycles. The first-order valence-electron chi connectivity index (χ1n) is 10.8. The molecule has 1 fully saturated rings. The summed E-state index contributed by atoms with van der Waals surface area (Å²) in [6, 6.07) is 20.1. The Morgan fingerprint density at radius 2 is 1.50 bits per heavy atom. The van der Waals surface area contributed by atoms with E-state index in [0.717, 1.165) is 26.4 Å². The third-order valence-electron chi connectivity index (χ3n) is 5.99. The fourth-order valence-electron chi connectivity index (χ4n) is 4.09. The van der Waals surface area contributed by atoms with Crippen molar-refractivity contribution >= 4 is 42.6 Å². The Morgan fingerprint density at radius 1 is 0.794 bits per heavy atom. The average Bonchev–Trinajstić information content (AvgIpc) is 2.88. The molecule has 9 heteroatoms. The Morgan fingerprint density at radius 3 is 2.21 bits per heavy atom. The average molecular weight is 537 g/mol. The molecule has 7 nitrogen and oxygen atoms in total. The van der Waals surface area contributed by atoms with Gasteiger partial charge in [-0.1, -0.05) is 40.2 Å². The summed E-state index contributed by atoms with van der Waals surface area (Å²) in [5, 5.41) is 9.49. The van der Waals surface area contributed by atoms with Crippen molar-refractivity contribution in [1.82, 2.24) is 19.4 Å². The Bertz CT molecular complexity index is 1450. The number of nitrogens with zero attached hydrogens (tertiary/aromatic N) is 4. The van der Waals surface area contributed by atoms with Gasteiger partial charge in [-0.3, -0.25) is 4.79 Å². The molecular formula is C25H21BrN4O3S. The van der Waals surface area contributed by atoms with Gasteiger partial charge in [0, 0.05) is 41.8 Å². The molecule has 0 N–H and O–H groups in total. The zero-order chi connectivity index (χ0) is 23.7. The van der Waals surface area contributed by atoms with Crippen molar-refractivity contribution in [2.75, 3.05) is 26.2 Å². The number of hydrogen-bond donors (Lipinski definition) is 0. The molecule has 5 rings (SSSR count). The highest BCUT2D eigenvalue weighted by Crippen LogP contribution is 2.26. The zero-order valence-corrected chi connectivity index (χ0v) is 20.5. The van der Waals surface area contributed by atoms with Gasteiger partial charge in [-0.15, -0.1) is 0 Å². The Balaban J connectivity index is 1.27. The molecule has 4 aromatic rings. The van der Waals surface area contributed by atoms with Crippen LogP contribution in [0.4, 0.5) is 0 Å². The highest BCUT2D eigenvalue weighted by atomic mass is 79.9. The van der Waals surface area contributed by atoms with Crippen LogP contribution in [-0.4, -0.2) is 59.9 Å². The second-order valence-electron chi connectivity index (χ2n) is 8.06. The first-order valence-corrected chi connectivity index (χ1v) is 13.0. The van der Waals surface area contributed by atoms with E-state index in [1.807, 2.05) is 42.5 Å². The Labute approximate surface area is 206 Å². The van der Waals surface area contributed by atoms with Crippen molar-refractivity contribution < 1.29 is 13.2 Å². The standard InChI is InChI=1S/C25H21BrN4O3S/c26-23-7-5-21-16-24(8-6-20(21)15-23)34(32,33)30-13-11-29(12-14-30)25(31)19-3-1-18(2-4-19)22-9-10-27-28-17-22/h1-10,15-17H,11-14H2. The fraction of sp³-hybridized carbons (Fsp3) is 0.160. The van der Waals surface area contributed by atoms with E-state index in [2.05, 4.69) is 26.1 Å². The Hall–Kier alpha value is -3.14. The van der Waals surface area contributed by atoms with E-state index in [0.29, 0.717) is 18.7 Å². The van der Waals surface area contributed by atoms with Crippen LogP contribution < -0.4 is 0 Å². The second-order valence-corrected chi connectivity index (χ2v) is 10.9. The van der Waals surface area contributed by atoms with Crippen molar-refractivity contribution in [1.29, 1.82) is 0 Å². The molecule has 1 saturated heterocycles. The summed E-state index contributed by atoms with van der Waals surface area (Å²) >= 11 is 3.44. The number of carbonyl (C=O) groups excluding carboxylic acids is 1. The van der Waals surface area contributed by atoms with Gasteiger partial charge in [0.1, 0.15) is 0 Å². The van der Waals surface area contributed by atoms with E-state index in [1.54, 1.807) is 41.6 Å². The van der Waals surface area contributed by atoms with Gasteiger partial charge in [-0.2, -0.15) is 14.5 Å². The quantitative estimate of drug-likeness (QED) is 0.390. The third-order valence-corrected chi connectivity index (χ3v) is 8.37. The van der Waals surface area contributed by atoms with Crippen LogP contribution in [0.25, 0.3) is 21.9 Å². The Kier molecular flexibility index (Phi) is 6.16. The SMILES string of the molecule is O=C(c1ccc(-c2ccnnc2)cc1)N1CCN(S(=O)(=O)c2ccc3cc(Br)ccc3c2)CC1. The molecule has 0 radical (unpaired) electrons. The molecule has 34 heavy (non-hydrogen) atoms. The van der Waals surface area contributed by atoms with Crippen LogP contribution in [0.1, 0.15) is 10.4 Å². The van der Waals surface area contributed by atoms with Gasteiger partial charge >= 0.3 is 0 Å². The number of amides is 1. The van der Waals surface area contributed by atoms with Gasteiger partial charge < -0.3 is 4.90 Å². The summed E-state index contributed by atoms with van der Waals surface area (Å²) in [5.41, 5.74) is 2.45. The number of sulfonamides is 1. The molecule has 2 heterocycles. The van der Waals surface area contributed by atoms with Gasteiger partial charge in [-0.25, -0.2) is 8.42 Å². The summed E-state index contributed by atoms with van der Waals surface area (Å²) in [5.74, 6) is -0.104. The molecule has 0 bridgehead atoms. The fourth-order valence-corrected chi connectivity index (χ4v) is 5.92. The van der Waals surface area contributed by atoms with Crippen molar-refractivity contribution in [3.8, 4) is 11.1 Å². The molecule has 0 spiro atoms. The predicted octanol–water partition coefficient (Wildman–Crippen LogP) is 4.21. The van der Waals surface area contributed by atoms with E-state index in [4.69, 9.17) is 0 Å². The van der Waals surface area contributed by atoms with Gasteiger partial charge in [0.2, 0.25) is 10.0 Å². The molecule has 0 saturated carbocycles. The first-order chi connectivity index (χ1) is 16.4. The number of benzene rings is 3. The summed E-state index contributed by atoms with van der Waals surface area (Å²) in [6.07, 6.45) is 3.30. The van der Waals surface area contributed by atoms with E-state index in [9.17, 15) is 13.2 Å². The smallest absolute Gasteiger partial charge is 0.253 e. The van der Waals surface area contributed by atoms with Crippen LogP contribution >= 0.6 is 15.9 Å². The highest BCUT2D eigenvalue weighted by Gasteiger charge is 2.30. The van der Waals surface area contributed by atoms with Crippen molar-refractivity contribution in [2.24, 2.45) is 0 Å². The lowest BCUT2D eigenvalue weighted by Crippen LogP contribution is -2.50. The van der Waals surface area contributed by atoms with Crippen molar-refractivity contribution in [3.05, 3.63) is 89.2 Å². The molecule has 1 aliphatic heterocycles. The maximum absolute atomic E-state index is 13.2. The molecule has 3 aromatic carbocycles. The van der Waals surface area contributed by atoms with Crippen LogP contribution in [0.2, 0.25) is 0 Å². The van der Waals surface area contributed by atoms with E-state index in [1.165, 1.54) is 4.31 Å². The summed E-state index contributed by atoms with van der Waals surface area (Å²) in [4.78, 5) is 14.9. The minimum atomic E-state index is -3.64. The predicted molar refractivity (Wildman–Crippen MR) is 134 cm³/mol. The number of aromatic nitrogens is 2. The van der Waals surface area contributed by atoms with Crippen molar-refractivity contribution in [2.45, 2.75) is 4.90 Å². The molecular weight excluding hydrogens is 516 g/mol. The van der Waals surface area contributed by atoms with E-state index >= 15 is 0 Å².